The fraction of sp³-hybridized carbons (Fsp3) is 0.133. The van der Waals surface area contributed by atoms with E-state index < -0.39 is 5.91 Å². The van der Waals surface area contributed by atoms with Crippen LogP contribution in [0.2, 0.25) is 0 Å². The summed E-state index contributed by atoms with van der Waals surface area (Å²) in [7, 11) is 1.62. The molecule has 0 spiro atoms. The van der Waals surface area contributed by atoms with Crippen LogP contribution in [0.3, 0.4) is 0 Å². The minimum atomic E-state index is -0.487. The van der Waals surface area contributed by atoms with Crippen molar-refractivity contribution in [1.82, 2.24) is 0 Å². The molecule has 5 heteroatoms. The topological polar surface area (TPSA) is 90.4 Å². The third-order valence-corrected chi connectivity index (χ3v) is 3.04. The molecule has 0 unspecified atom stereocenters. The summed E-state index contributed by atoms with van der Waals surface area (Å²) in [5.41, 5.74) is 14.7. The monoisotopic (exact) mass is 271 g/mol. The van der Waals surface area contributed by atoms with E-state index in [9.17, 15) is 4.79 Å². The van der Waals surface area contributed by atoms with Crippen LogP contribution in [0.25, 0.3) is 0 Å². The molecule has 5 N–H and O–H groups in total. The molecule has 0 aliphatic carbocycles. The maximum Gasteiger partial charge on any atom is 0.248 e. The number of benzene rings is 2. The summed E-state index contributed by atoms with van der Waals surface area (Å²) >= 11 is 0. The zero-order valence-corrected chi connectivity index (χ0v) is 11.4. The minimum absolute atomic E-state index is 0.410. The Labute approximate surface area is 117 Å². The molecule has 0 heterocycles. The van der Waals surface area contributed by atoms with Crippen LogP contribution in [-0.2, 0) is 0 Å². The maximum absolute atomic E-state index is 11.2. The number of nitrogens with one attached hydrogen (secondary N) is 1. The Hall–Kier alpha value is -2.69. The molecule has 0 aliphatic rings. The smallest absolute Gasteiger partial charge is 0.248 e. The van der Waals surface area contributed by atoms with Gasteiger partial charge in [-0.15, -0.1) is 0 Å². The van der Waals surface area contributed by atoms with Gasteiger partial charge in [0, 0.05) is 11.3 Å². The first-order valence-corrected chi connectivity index (χ1v) is 6.12. The van der Waals surface area contributed by atoms with Gasteiger partial charge >= 0.3 is 0 Å². The molecular weight excluding hydrogens is 254 g/mol. The molecule has 20 heavy (non-hydrogen) atoms. The van der Waals surface area contributed by atoms with Gasteiger partial charge in [0.25, 0.3) is 0 Å². The van der Waals surface area contributed by atoms with Gasteiger partial charge in [-0.2, -0.15) is 0 Å². The van der Waals surface area contributed by atoms with Gasteiger partial charge in [-0.25, -0.2) is 0 Å². The number of aryl methyl sites for hydroxylation is 1. The molecule has 2 aromatic rings. The second-order valence-electron chi connectivity index (χ2n) is 4.47. The number of amides is 1. The number of nitrogens with two attached hydrogens (primary N) is 2. The maximum atomic E-state index is 11.2. The Morgan fingerprint density at radius 3 is 2.50 bits per heavy atom. The Morgan fingerprint density at radius 2 is 1.90 bits per heavy atom. The number of hydrogen-bond acceptors (Lipinski definition) is 4. The van der Waals surface area contributed by atoms with Crippen LogP contribution in [0, 0.1) is 6.92 Å². The largest absolute Gasteiger partial charge is 0.497 e. The third-order valence-electron chi connectivity index (χ3n) is 3.04. The summed E-state index contributed by atoms with van der Waals surface area (Å²) in [5.74, 6) is 0.298. The average Bonchev–Trinajstić information content (AvgIpc) is 2.42. The van der Waals surface area contributed by atoms with Crippen molar-refractivity contribution in [2.45, 2.75) is 6.92 Å². The van der Waals surface area contributed by atoms with Crippen molar-refractivity contribution < 1.29 is 9.53 Å². The molecule has 0 radical (unpaired) electrons. The van der Waals surface area contributed by atoms with E-state index in [1.54, 1.807) is 25.3 Å². The second-order valence-corrected chi connectivity index (χ2v) is 4.47. The van der Waals surface area contributed by atoms with Gasteiger partial charge in [0.15, 0.2) is 0 Å². The number of carbonyl (C=O) groups excluding carboxylic acids is 1. The van der Waals surface area contributed by atoms with Gasteiger partial charge in [0.05, 0.1) is 18.5 Å². The molecule has 0 bridgehead atoms. The molecule has 0 fully saturated rings. The lowest BCUT2D eigenvalue weighted by molar-refractivity contribution is 0.100. The van der Waals surface area contributed by atoms with Crippen LogP contribution in [0.5, 0.6) is 5.75 Å². The van der Waals surface area contributed by atoms with E-state index in [-0.39, 0.29) is 0 Å². The second kappa shape index (κ2) is 5.52. The highest BCUT2D eigenvalue weighted by Gasteiger charge is 2.07. The minimum Gasteiger partial charge on any atom is -0.497 e. The van der Waals surface area contributed by atoms with Crippen molar-refractivity contribution >= 4 is 23.0 Å². The first-order chi connectivity index (χ1) is 9.51. The van der Waals surface area contributed by atoms with Gasteiger partial charge in [-0.1, -0.05) is 0 Å². The van der Waals surface area contributed by atoms with Crippen LogP contribution in [0.15, 0.2) is 36.4 Å². The number of methoxy groups -OCH3 is 1. The number of primary amides is 1. The average molecular weight is 271 g/mol. The van der Waals surface area contributed by atoms with Gasteiger partial charge in [-0.05, 0) is 48.9 Å². The van der Waals surface area contributed by atoms with Crippen molar-refractivity contribution in [1.29, 1.82) is 0 Å². The lowest BCUT2D eigenvalue weighted by Gasteiger charge is -2.13. The van der Waals surface area contributed by atoms with Gasteiger partial charge in [-0.3, -0.25) is 4.79 Å². The first-order valence-electron chi connectivity index (χ1n) is 6.12. The summed E-state index contributed by atoms with van der Waals surface area (Å²) in [4.78, 5) is 11.2. The van der Waals surface area contributed by atoms with E-state index in [0.29, 0.717) is 16.9 Å². The lowest BCUT2D eigenvalue weighted by Crippen LogP contribution is -2.11. The van der Waals surface area contributed by atoms with E-state index in [1.807, 2.05) is 25.1 Å². The Balaban J connectivity index is 2.34. The number of nitrogen functional groups attached to an aromatic ring is 1. The molecule has 0 saturated heterocycles. The molecule has 2 aromatic carbocycles. The fourth-order valence-electron chi connectivity index (χ4n) is 1.87. The highest BCUT2D eigenvalue weighted by atomic mass is 16.5. The number of carbonyl (C=O) groups is 1. The molecule has 104 valence electrons. The number of anilines is 3. The summed E-state index contributed by atoms with van der Waals surface area (Å²) in [6.07, 6.45) is 0. The first kappa shape index (κ1) is 13.7. The van der Waals surface area contributed by atoms with Crippen LogP contribution < -0.4 is 21.5 Å². The summed E-state index contributed by atoms with van der Waals surface area (Å²) in [6, 6.07) is 10.6. The van der Waals surface area contributed by atoms with Crippen molar-refractivity contribution in [3.8, 4) is 5.75 Å². The van der Waals surface area contributed by atoms with E-state index in [2.05, 4.69) is 5.32 Å². The molecule has 2 rings (SSSR count). The van der Waals surface area contributed by atoms with Crippen LogP contribution in [-0.4, -0.2) is 13.0 Å². The Kier molecular flexibility index (Phi) is 3.79. The molecule has 0 atom stereocenters. The molecule has 5 nitrogen and oxygen atoms in total. The zero-order chi connectivity index (χ0) is 14.7. The summed E-state index contributed by atoms with van der Waals surface area (Å²) < 4.78 is 5.16. The van der Waals surface area contributed by atoms with Gasteiger partial charge in [0.2, 0.25) is 5.91 Å². The Bertz CT molecular complexity index is 654. The number of hydrogen-bond donors (Lipinski definition) is 3. The Morgan fingerprint density at radius 1 is 1.15 bits per heavy atom. The van der Waals surface area contributed by atoms with Crippen molar-refractivity contribution in [3.05, 3.63) is 47.5 Å². The van der Waals surface area contributed by atoms with Crippen molar-refractivity contribution in [3.63, 3.8) is 0 Å². The van der Waals surface area contributed by atoms with Crippen LogP contribution in [0.4, 0.5) is 17.1 Å². The highest BCUT2D eigenvalue weighted by Crippen LogP contribution is 2.28. The quantitative estimate of drug-likeness (QED) is 0.745. The zero-order valence-electron chi connectivity index (χ0n) is 11.4. The van der Waals surface area contributed by atoms with Gasteiger partial charge in [0.1, 0.15) is 5.75 Å². The summed E-state index contributed by atoms with van der Waals surface area (Å²) in [5, 5.41) is 3.20. The third kappa shape index (κ3) is 2.83. The van der Waals surface area contributed by atoms with Crippen LogP contribution in [0.1, 0.15) is 15.9 Å². The van der Waals surface area contributed by atoms with E-state index >= 15 is 0 Å². The molecular formula is C15H17N3O2. The van der Waals surface area contributed by atoms with Crippen molar-refractivity contribution in [2.24, 2.45) is 5.73 Å². The molecule has 1 amide bonds. The van der Waals surface area contributed by atoms with Gasteiger partial charge < -0.3 is 21.5 Å². The molecule has 0 aliphatic heterocycles. The molecule has 0 aromatic heterocycles. The van der Waals surface area contributed by atoms with Crippen LogP contribution >= 0.6 is 0 Å². The SMILES string of the molecule is COc1ccc(Nc2cc(C(N)=O)ccc2N)c(C)c1. The fourth-order valence-corrected chi connectivity index (χ4v) is 1.87. The van der Waals surface area contributed by atoms with Crippen molar-refractivity contribution in [2.75, 3.05) is 18.2 Å². The predicted molar refractivity (Wildman–Crippen MR) is 80.4 cm³/mol. The highest BCUT2D eigenvalue weighted by molar-refractivity contribution is 5.95. The summed E-state index contributed by atoms with van der Waals surface area (Å²) in [6.45, 7) is 1.96. The molecule has 0 saturated carbocycles. The van der Waals surface area contributed by atoms with E-state index in [1.165, 1.54) is 0 Å². The van der Waals surface area contributed by atoms with E-state index in [4.69, 9.17) is 16.2 Å². The van der Waals surface area contributed by atoms with E-state index in [0.717, 1.165) is 17.0 Å². The standard InChI is InChI=1S/C15H17N3O2/c1-9-7-11(20-2)4-6-13(9)18-14-8-10(15(17)19)3-5-12(14)16/h3-8,18H,16H2,1-2H3,(H2,17,19). The predicted octanol–water partition coefficient (Wildman–Crippen LogP) is 2.43. The lowest BCUT2D eigenvalue weighted by atomic mass is 10.1. The normalized spacial score (nSPS) is 10.1. The number of rotatable bonds is 4. The number of ether oxygens (including phenoxy) is 1.